The molecule has 1 heterocycles. The number of nitriles is 1. The predicted octanol–water partition coefficient (Wildman–Crippen LogP) is 2.33. The van der Waals surface area contributed by atoms with Gasteiger partial charge in [-0.15, -0.1) is 0 Å². The lowest BCUT2D eigenvalue weighted by Crippen LogP contribution is -2.37. The maximum Gasteiger partial charge on any atom is 0.356 e. The Kier molecular flexibility index (Phi) is 3.94. The van der Waals surface area contributed by atoms with E-state index in [9.17, 15) is 10.1 Å². The van der Waals surface area contributed by atoms with Crippen LogP contribution in [0.3, 0.4) is 0 Å². The molecule has 0 N–H and O–H groups in total. The highest BCUT2D eigenvalue weighted by Gasteiger charge is 2.35. The van der Waals surface area contributed by atoms with E-state index >= 15 is 0 Å². The van der Waals surface area contributed by atoms with Crippen molar-refractivity contribution in [3.05, 3.63) is 16.4 Å². The average Bonchev–Trinajstić information content (AvgIpc) is 2.69. The SMILES string of the molecule is COC(=O)c1cc(Br)nn1C(C)(C#N)C(C)C. The summed E-state index contributed by atoms with van der Waals surface area (Å²) >= 11 is 3.20. The highest BCUT2D eigenvalue weighted by Crippen LogP contribution is 2.28. The molecule has 0 aliphatic heterocycles. The van der Waals surface area contributed by atoms with Gasteiger partial charge in [0.2, 0.25) is 0 Å². The third-order valence-electron chi connectivity index (χ3n) is 2.86. The van der Waals surface area contributed by atoms with Crippen molar-refractivity contribution in [2.24, 2.45) is 5.92 Å². The number of carbonyl (C=O) groups is 1. The van der Waals surface area contributed by atoms with E-state index in [0.717, 1.165) is 0 Å². The van der Waals surface area contributed by atoms with Gasteiger partial charge in [-0.25, -0.2) is 9.48 Å². The fraction of sp³-hybridized carbons (Fsp3) is 0.545. The fourth-order valence-corrected chi connectivity index (χ4v) is 1.75. The van der Waals surface area contributed by atoms with Crippen LogP contribution >= 0.6 is 15.9 Å². The fourth-order valence-electron chi connectivity index (χ4n) is 1.38. The first-order valence-electron chi connectivity index (χ1n) is 5.12. The molecule has 0 spiro atoms. The minimum absolute atomic E-state index is 0.00251. The third-order valence-corrected chi connectivity index (χ3v) is 3.25. The first kappa shape index (κ1) is 13.7. The van der Waals surface area contributed by atoms with Crippen molar-refractivity contribution in [3.63, 3.8) is 0 Å². The van der Waals surface area contributed by atoms with Crippen LogP contribution < -0.4 is 0 Å². The predicted molar refractivity (Wildman–Crippen MR) is 65.4 cm³/mol. The molecule has 1 unspecified atom stereocenters. The van der Waals surface area contributed by atoms with Crippen LogP contribution in [0, 0.1) is 17.2 Å². The Bertz CT molecular complexity index is 476. The van der Waals surface area contributed by atoms with Gasteiger partial charge in [-0.05, 0) is 28.8 Å². The summed E-state index contributed by atoms with van der Waals surface area (Å²) in [6.07, 6.45) is 0. The monoisotopic (exact) mass is 299 g/mol. The largest absolute Gasteiger partial charge is 0.464 e. The first-order chi connectivity index (χ1) is 7.86. The van der Waals surface area contributed by atoms with E-state index in [1.807, 2.05) is 13.8 Å². The van der Waals surface area contributed by atoms with E-state index in [-0.39, 0.29) is 11.6 Å². The molecule has 0 bridgehead atoms. The summed E-state index contributed by atoms with van der Waals surface area (Å²) in [7, 11) is 1.30. The molecule has 0 radical (unpaired) electrons. The Labute approximate surface area is 108 Å². The van der Waals surface area contributed by atoms with Gasteiger partial charge in [-0.1, -0.05) is 13.8 Å². The lowest BCUT2D eigenvalue weighted by Gasteiger charge is -2.27. The summed E-state index contributed by atoms with van der Waals surface area (Å²) in [5, 5.41) is 13.5. The second kappa shape index (κ2) is 4.88. The van der Waals surface area contributed by atoms with Gasteiger partial charge in [-0.2, -0.15) is 10.4 Å². The molecule has 0 aliphatic carbocycles. The van der Waals surface area contributed by atoms with Gasteiger partial charge < -0.3 is 4.74 Å². The van der Waals surface area contributed by atoms with Gasteiger partial charge in [0.15, 0.2) is 0 Å². The van der Waals surface area contributed by atoms with E-state index in [1.165, 1.54) is 11.8 Å². The summed E-state index contributed by atoms with van der Waals surface area (Å²) < 4.78 is 6.59. The Morgan fingerprint density at radius 1 is 1.71 bits per heavy atom. The van der Waals surface area contributed by atoms with Crippen LogP contribution in [0.2, 0.25) is 0 Å². The van der Waals surface area contributed by atoms with Crippen molar-refractivity contribution in [3.8, 4) is 6.07 Å². The Morgan fingerprint density at radius 3 is 2.71 bits per heavy atom. The van der Waals surface area contributed by atoms with Crippen LogP contribution in [0.4, 0.5) is 0 Å². The highest BCUT2D eigenvalue weighted by atomic mass is 79.9. The maximum absolute atomic E-state index is 11.6. The van der Waals surface area contributed by atoms with Gasteiger partial charge in [0.05, 0.1) is 13.2 Å². The van der Waals surface area contributed by atoms with Crippen molar-refractivity contribution in [2.45, 2.75) is 26.3 Å². The van der Waals surface area contributed by atoms with Crippen LogP contribution in [0.1, 0.15) is 31.3 Å². The minimum atomic E-state index is -0.893. The number of aromatic nitrogens is 2. The molecule has 17 heavy (non-hydrogen) atoms. The van der Waals surface area contributed by atoms with Gasteiger partial charge in [0.25, 0.3) is 0 Å². The number of hydrogen-bond acceptors (Lipinski definition) is 4. The van der Waals surface area contributed by atoms with Crippen molar-refractivity contribution in [1.82, 2.24) is 9.78 Å². The van der Waals surface area contributed by atoms with E-state index in [2.05, 4.69) is 31.8 Å². The highest BCUT2D eigenvalue weighted by molar-refractivity contribution is 9.10. The first-order valence-corrected chi connectivity index (χ1v) is 5.91. The standard InChI is InChI=1S/C11H14BrN3O2/c1-7(2)11(3,6-13)15-8(10(16)17-4)5-9(12)14-15/h5,7H,1-4H3. The topological polar surface area (TPSA) is 67.9 Å². The van der Waals surface area contributed by atoms with Crippen molar-refractivity contribution in [1.29, 1.82) is 5.26 Å². The minimum Gasteiger partial charge on any atom is -0.464 e. The number of methoxy groups -OCH3 is 1. The molecule has 1 rings (SSSR count). The van der Waals surface area contributed by atoms with Gasteiger partial charge in [0.1, 0.15) is 15.8 Å². The zero-order chi connectivity index (χ0) is 13.2. The van der Waals surface area contributed by atoms with Gasteiger partial charge >= 0.3 is 5.97 Å². The van der Waals surface area contributed by atoms with Gasteiger partial charge in [0, 0.05) is 6.07 Å². The number of nitrogens with zero attached hydrogens (tertiary/aromatic N) is 3. The number of halogens is 1. The number of carbonyl (C=O) groups excluding carboxylic acids is 1. The third kappa shape index (κ3) is 2.34. The van der Waals surface area contributed by atoms with Crippen LogP contribution in [-0.4, -0.2) is 22.9 Å². The lowest BCUT2D eigenvalue weighted by atomic mass is 9.90. The van der Waals surface area contributed by atoms with Crippen LogP contribution in [0.15, 0.2) is 10.7 Å². The smallest absolute Gasteiger partial charge is 0.356 e. The van der Waals surface area contributed by atoms with Crippen LogP contribution in [-0.2, 0) is 10.3 Å². The van der Waals surface area contributed by atoms with Crippen molar-refractivity contribution < 1.29 is 9.53 Å². The molecule has 1 aromatic heterocycles. The summed E-state index contributed by atoms with van der Waals surface area (Å²) in [5.41, 5.74) is -0.632. The molecule has 5 nitrogen and oxygen atoms in total. The van der Waals surface area contributed by atoms with Gasteiger partial charge in [-0.3, -0.25) is 0 Å². The number of ether oxygens (including phenoxy) is 1. The number of esters is 1. The summed E-state index contributed by atoms with van der Waals surface area (Å²) in [4.78, 5) is 11.6. The number of rotatable bonds is 3. The summed E-state index contributed by atoms with van der Waals surface area (Å²) in [6, 6.07) is 3.74. The quantitative estimate of drug-likeness (QED) is 0.803. The van der Waals surface area contributed by atoms with Crippen LogP contribution in [0.25, 0.3) is 0 Å². The lowest BCUT2D eigenvalue weighted by molar-refractivity contribution is 0.0576. The zero-order valence-corrected chi connectivity index (χ0v) is 11.8. The Morgan fingerprint density at radius 2 is 2.29 bits per heavy atom. The number of hydrogen-bond donors (Lipinski definition) is 0. The molecule has 6 heteroatoms. The second-order valence-corrected chi connectivity index (χ2v) is 4.98. The maximum atomic E-state index is 11.6. The molecular weight excluding hydrogens is 286 g/mol. The van der Waals surface area contributed by atoms with E-state index in [1.54, 1.807) is 13.0 Å². The van der Waals surface area contributed by atoms with E-state index in [0.29, 0.717) is 4.60 Å². The molecule has 0 amide bonds. The van der Waals surface area contributed by atoms with Crippen molar-refractivity contribution >= 4 is 21.9 Å². The normalized spacial score (nSPS) is 14.2. The summed E-state index contributed by atoms with van der Waals surface area (Å²) in [5.74, 6) is -0.506. The molecule has 0 aromatic carbocycles. The van der Waals surface area contributed by atoms with Crippen LogP contribution in [0.5, 0.6) is 0 Å². The van der Waals surface area contributed by atoms with E-state index in [4.69, 9.17) is 0 Å². The summed E-state index contributed by atoms with van der Waals surface area (Å²) in [6.45, 7) is 5.54. The molecule has 1 atom stereocenters. The van der Waals surface area contributed by atoms with E-state index < -0.39 is 11.5 Å². The molecule has 92 valence electrons. The average molecular weight is 300 g/mol. The molecule has 0 aliphatic rings. The molecule has 0 saturated heterocycles. The second-order valence-electron chi connectivity index (χ2n) is 4.17. The Hall–Kier alpha value is -1.35. The molecule has 0 saturated carbocycles. The molecule has 1 aromatic rings. The molecule has 0 fully saturated rings. The zero-order valence-electron chi connectivity index (χ0n) is 10.2. The molecular formula is C11H14BrN3O2. The Balaban J connectivity index is 3.40. The van der Waals surface area contributed by atoms with Crippen molar-refractivity contribution in [2.75, 3.05) is 7.11 Å².